The molecular weight excluding hydrogens is 538 g/mol. The van der Waals surface area contributed by atoms with Crippen LogP contribution in [0.4, 0.5) is 4.39 Å². The first-order valence-electron chi connectivity index (χ1n) is 10.7. The highest BCUT2D eigenvalue weighted by atomic mass is 35.5. The Balaban J connectivity index is 1.79. The van der Waals surface area contributed by atoms with E-state index in [1.807, 2.05) is 0 Å². The molecule has 2 aromatic rings. The lowest BCUT2D eigenvalue weighted by Gasteiger charge is -2.35. The first-order chi connectivity index (χ1) is 16.2. The van der Waals surface area contributed by atoms with Crippen molar-refractivity contribution in [3.8, 4) is 11.1 Å². The van der Waals surface area contributed by atoms with Crippen molar-refractivity contribution in [3.05, 3.63) is 64.0 Å². The maximum atomic E-state index is 15.4. The number of hydrogen-bond donors (Lipinski definition) is 1. The number of alkyl halides is 1. The second-order valence-electron chi connectivity index (χ2n) is 8.41. The minimum Gasteiger partial charge on any atom is -0.347 e. The topological polar surface area (TPSA) is 101 Å². The maximum absolute atomic E-state index is 15.4. The van der Waals surface area contributed by atoms with Crippen LogP contribution in [0.15, 0.2) is 58.8 Å². The van der Waals surface area contributed by atoms with E-state index in [9.17, 15) is 21.6 Å². The Bertz CT molecular complexity index is 1360. The lowest BCUT2D eigenvalue weighted by Crippen LogP contribution is -2.53. The molecule has 0 saturated carbocycles. The number of hydrogen-bond acceptors (Lipinski definition) is 5. The van der Waals surface area contributed by atoms with E-state index < -0.39 is 37.5 Å². The lowest BCUT2D eigenvalue weighted by atomic mass is 9.93. The maximum Gasteiger partial charge on any atom is 0.258 e. The minimum absolute atomic E-state index is 0.0228. The van der Waals surface area contributed by atoms with Crippen molar-refractivity contribution in [2.45, 2.75) is 36.4 Å². The Labute approximate surface area is 214 Å². The molecule has 1 amide bonds. The van der Waals surface area contributed by atoms with Crippen LogP contribution in [-0.2, 0) is 24.7 Å². The van der Waals surface area contributed by atoms with Crippen molar-refractivity contribution in [3.63, 3.8) is 0 Å². The number of benzene rings is 2. The van der Waals surface area contributed by atoms with Crippen molar-refractivity contribution in [2.75, 3.05) is 19.3 Å². The van der Waals surface area contributed by atoms with Crippen molar-refractivity contribution < 1.29 is 26.0 Å². The molecule has 0 aromatic heterocycles. The van der Waals surface area contributed by atoms with E-state index in [1.54, 1.807) is 24.3 Å². The van der Waals surface area contributed by atoms with E-state index in [1.165, 1.54) is 31.2 Å². The van der Waals surface area contributed by atoms with Gasteiger partial charge in [-0.1, -0.05) is 47.5 Å². The third kappa shape index (κ3) is 6.62. The van der Waals surface area contributed by atoms with Crippen LogP contribution in [-0.4, -0.2) is 58.1 Å². The van der Waals surface area contributed by atoms with Gasteiger partial charge < -0.3 is 5.32 Å². The molecule has 0 unspecified atom stereocenters. The number of halogens is 3. The zero-order valence-corrected chi connectivity index (χ0v) is 22.2. The van der Waals surface area contributed by atoms with Gasteiger partial charge in [0, 0.05) is 64.8 Å². The molecule has 12 heteroatoms. The first kappa shape index (κ1) is 27.6. The van der Waals surface area contributed by atoms with E-state index in [2.05, 4.69) is 5.32 Å². The van der Waals surface area contributed by atoms with Crippen LogP contribution < -0.4 is 5.32 Å². The van der Waals surface area contributed by atoms with E-state index in [0.29, 0.717) is 21.2 Å². The predicted molar refractivity (Wildman–Crippen MR) is 135 cm³/mol. The van der Waals surface area contributed by atoms with Gasteiger partial charge in [-0.15, -0.1) is 0 Å². The Morgan fingerprint density at radius 1 is 1.09 bits per heavy atom. The standard InChI is InChI=1S/C23H25Cl2FN2O5S2/c1-16(9-14-34(2,30)31)27-22(29)23(26)10-12-28(13-11-23)35(32,33)21-8-7-17(24)15-19(21)18-5-3-4-6-20(18)25/h3-9,14-16H,10-13H2,1-2H3,(H,27,29)/b14-9-/t16-/m1/s1. The zero-order chi connectivity index (χ0) is 26.0. The van der Waals surface area contributed by atoms with Crippen LogP contribution in [0.2, 0.25) is 10.0 Å². The second-order valence-corrected chi connectivity index (χ2v) is 13.1. The molecule has 0 aliphatic carbocycles. The van der Waals surface area contributed by atoms with Crippen LogP contribution in [0.1, 0.15) is 19.8 Å². The molecule has 0 bridgehead atoms. The van der Waals surface area contributed by atoms with Crippen LogP contribution in [0.3, 0.4) is 0 Å². The molecule has 2 aromatic carbocycles. The molecule has 0 spiro atoms. The summed E-state index contributed by atoms with van der Waals surface area (Å²) in [6.45, 7) is 1.08. The predicted octanol–water partition coefficient (Wildman–Crippen LogP) is 4.22. The lowest BCUT2D eigenvalue weighted by molar-refractivity contribution is -0.135. The molecule has 1 heterocycles. The number of amides is 1. The van der Waals surface area contributed by atoms with Crippen LogP contribution >= 0.6 is 23.2 Å². The Morgan fingerprint density at radius 2 is 1.71 bits per heavy atom. The van der Waals surface area contributed by atoms with Gasteiger partial charge in [0.25, 0.3) is 5.91 Å². The number of carbonyl (C=O) groups is 1. The zero-order valence-electron chi connectivity index (χ0n) is 19.0. The largest absolute Gasteiger partial charge is 0.347 e. The fourth-order valence-electron chi connectivity index (χ4n) is 3.71. The van der Waals surface area contributed by atoms with Crippen LogP contribution in [0.5, 0.6) is 0 Å². The summed E-state index contributed by atoms with van der Waals surface area (Å²) in [7, 11) is -7.45. The summed E-state index contributed by atoms with van der Waals surface area (Å²) < 4.78 is 66.0. The minimum atomic E-state index is -4.06. The van der Waals surface area contributed by atoms with Gasteiger partial charge in [0.15, 0.2) is 15.5 Å². The van der Waals surface area contributed by atoms with E-state index in [0.717, 1.165) is 16.0 Å². The summed E-state index contributed by atoms with van der Waals surface area (Å²) in [5.41, 5.74) is -1.47. The molecule has 190 valence electrons. The van der Waals surface area contributed by atoms with Crippen LogP contribution in [0, 0.1) is 0 Å². The summed E-state index contributed by atoms with van der Waals surface area (Å²) in [5.74, 6) is -0.913. The fourth-order valence-corrected chi connectivity index (χ4v) is 6.27. The molecule has 3 rings (SSSR count). The van der Waals surface area contributed by atoms with E-state index in [4.69, 9.17) is 23.2 Å². The Morgan fingerprint density at radius 3 is 2.31 bits per heavy atom. The van der Waals surface area contributed by atoms with Gasteiger partial charge in [0.2, 0.25) is 10.0 Å². The number of nitrogens with one attached hydrogen (secondary N) is 1. The molecule has 35 heavy (non-hydrogen) atoms. The molecule has 0 radical (unpaired) electrons. The average molecular weight is 564 g/mol. The Kier molecular flexibility index (Phi) is 8.33. The fraction of sp³-hybridized carbons (Fsp3) is 0.348. The SMILES string of the molecule is C[C@H](/C=C\S(C)(=O)=O)NC(=O)C1(F)CCN(S(=O)(=O)c2ccc(Cl)cc2-c2ccccc2Cl)CC1. The van der Waals surface area contributed by atoms with Gasteiger partial charge in [0.1, 0.15) is 0 Å². The number of piperidine rings is 1. The highest BCUT2D eigenvalue weighted by Crippen LogP contribution is 2.37. The van der Waals surface area contributed by atoms with Gasteiger partial charge in [-0.3, -0.25) is 4.79 Å². The summed E-state index contributed by atoms with van der Waals surface area (Å²) in [6.07, 6.45) is 1.54. The molecular formula is C23H25Cl2FN2O5S2. The normalized spacial score (nSPS) is 17.9. The van der Waals surface area contributed by atoms with Crippen molar-refractivity contribution >= 4 is 49.0 Å². The smallest absolute Gasteiger partial charge is 0.258 e. The van der Waals surface area contributed by atoms with E-state index in [-0.39, 0.29) is 30.8 Å². The second kappa shape index (κ2) is 10.6. The summed E-state index contributed by atoms with van der Waals surface area (Å²) >= 11 is 12.4. The third-order valence-corrected chi connectivity index (χ3v) is 8.79. The molecule has 1 aliphatic heterocycles. The average Bonchev–Trinajstić information content (AvgIpc) is 2.77. The molecule has 1 atom stereocenters. The molecule has 1 aliphatic rings. The first-order valence-corrected chi connectivity index (χ1v) is 14.8. The highest BCUT2D eigenvalue weighted by Gasteiger charge is 2.44. The quantitative estimate of drug-likeness (QED) is 0.544. The number of rotatable bonds is 7. The van der Waals surface area contributed by atoms with Crippen molar-refractivity contribution in [1.29, 1.82) is 0 Å². The molecule has 1 N–H and O–H groups in total. The number of carbonyl (C=O) groups excluding carboxylic acids is 1. The molecule has 7 nitrogen and oxygen atoms in total. The summed E-state index contributed by atoms with van der Waals surface area (Å²) in [6, 6.07) is 10.4. The van der Waals surface area contributed by atoms with Crippen molar-refractivity contribution in [2.24, 2.45) is 0 Å². The highest BCUT2D eigenvalue weighted by molar-refractivity contribution is 7.93. The van der Waals surface area contributed by atoms with Gasteiger partial charge >= 0.3 is 0 Å². The Hall–Kier alpha value is -1.98. The van der Waals surface area contributed by atoms with Gasteiger partial charge in [0.05, 0.1) is 4.90 Å². The van der Waals surface area contributed by atoms with Gasteiger partial charge in [-0.05, 0) is 31.2 Å². The number of sulfone groups is 1. The van der Waals surface area contributed by atoms with Crippen molar-refractivity contribution in [1.82, 2.24) is 9.62 Å². The van der Waals surface area contributed by atoms with Gasteiger partial charge in [-0.25, -0.2) is 21.2 Å². The van der Waals surface area contributed by atoms with E-state index >= 15 is 4.39 Å². The summed E-state index contributed by atoms with van der Waals surface area (Å²) in [5, 5.41) is 4.04. The summed E-state index contributed by atoms with van der Waals surface area (Å²) in [4.78, 5) is 12.5. The third-order valence-electron chi connectivity index (χ3n) is 5.62. The monoisotopic (exact) mass is 562 g/mol. The van der Waals surface area contributed by atoms with Gasteiger partial charge in [-0.2, -0.15) is 4.31 Å². The number of nitrogens with zero attached hydrogens (tertiary/aromatic N) is 1. The van der Waals surface area contributed by atoms with Crippen LogP contribution in [0.25, 0.3) is 11.1 Å². The molecule has 1 fully saturated rings. The molecule has 1 saturated heterocycles. The number of sulfonamides is 1.